The van der Waals surface area contributed by atoms with E-state index >= 15 is 0 Å². The first-order valence-electron chi connectivity index (χ1n) is 11.3. The predicted octanol–water partition coefficient (Wildman–Crippen LogP) is 4.94. The zero-order valence-corrected chi connectivity index (χ0v) is 20.8. The van der Waals surface area contributed by atoms with Crippen LogP contribution >= 0.6 is 0 Å². The fourth-order valence-corrected chi connectivity index (χ4v) is 6.95. The van der Waals surface area contributed by atoms with Crippen molar-refractivity contribution in [1.29, 1.82) is 0 Å². The minimum atomic E-state index is -3.87. The number of fused-ring (bicyclic) bond motifs is 1. The molecule has 0 amide bonds. The van der Waals surface area contributed by atoms with Gasteiger partial charge in [-0.25, -0.2) is 21.8 Å². The maximum absolute atomic E-state index is 13.1. The van der Waals surface area contributed by atoms with Crippen LogP contribution in [0.1, 0.15) is 18.4 Å². The second-order valence-electron chi connectivity index (χ2n) is 8.61. The second-order valence-corrected chi connectivity index (χ2v) is 12.3. The van der Waals surface area contributed by atoms with Gasteiger partial charge >= 0.3 is 0 Å². The number of para-hydroxylation sites is 1. The Bertz CT molecular complexity index is 1620. The average Bonchev–Trinajstić information content (AvgIpc) is 2.84. The number of aromatic nitrogens is 1. The van der Waals surface area contributed by atoms with Gasteiger partial charge in [0.05, 0.1) is 27.5 Å². The number of anilines is 2. The van der Waals surface area contributed by atoms with Crippen LogP contribution in [0.3, 0.4) is 0 Å². The molecule has 1 aliphatic rings. The van der Waals surface area contributed by atoms with E-state index in [2.05, 4.69) is 4.72 Å². The molecule has 0 aliphatic carbocycles. The van der Waals surface area contributed by atoms with E-state index in [9.17, 15) is 16.8 Å². The molecular weight excluding hydrogens is 482 g/mol. The molecule has 9 heteroatoms. The summed E-state index contributed by atoms with van der Waals surface area (Å²) in [5.74, 6) is 0.108. The van der Waals surface area contributed by atoms with Gasteiger partial charge in [-0.15, -0.1) is 0 Å². The Morgan fingerprint density at radius 2 is 1.69 bits per heavy atom. The molecule has 4 aromatic rings. The molecule has 0 bridgehead atoms. The van der Waals surface area contributed by atoms with Crippen molar-refractivity contribution in [1.82, 2.24) is 4.98 Å². The third kappa shape index (κ3) is 4.74. The molecule has 0 unspecified atom stereocenters. The van der Waals surface area contributed by atoms with Gasteiger partial charge in [-0.1, -0.05) is 30.3 Å². The number of hydrogen-bond acceptors (Lipinski definition) is 5. The highest BCUT2D eigenvalue weighted by molar-refractivity contribution is 7.93. The summed E-state index contributed by atoms with van der Waals surface area (Å²) >= 11 is 0. The van der Waals surface area contributed by atoms with Crippen molar-refractivity contribution in [3.8, 4) is 11.3 Å². The van der Waals surface area contributed by atoms with Crippen molar-refractivity contribution in [2.45, 2.75) is 24.7 Å². The van der Waals surface area contributed by atoms with Crippen molar-refractivity contribution in [2.75, 3.05) is 21.3 Å². The van der Waals surface area contributed by atoms with Gasteiger partial charge in [-0.2, -0.15) is 0 Å². The summed E-state index contributed by atoms with van der Waals surface area (Å²) in [6.45, 7) is 2.36. The highest BCUT2D eigenvalue weighted by Crippen LogP contribution is 2.29. The highest BCUT2D eigenvalue weighted by Gasteiger charge is 2.26. The number of rotatable bonds is 5. The van der Waals surface area contributed by atoms with E-state index in [1.807, 2.05) is 49.4 Å². The van der Waals surface area contributed by atoms with Crippen LogP contribution in [0, 0.1) is 6.92 Å². The zero-order chi connectivity index (χ0) is 24.6. The molecule has 1 saturated heterocycles. The third-order valence-electron chi connectivity index (χ3n) is 6.15. The van der Waals surface area contributed by atoms with Crippen molar-refractivity contribution < 1.29 is 16.8 Å². The minimum absolute atomic E-state index is 0.0570. The molecular formula is C26H25N3O4S2. The number of aryl methyl sites for hydroxylation is 1. The lowest BCUT2D eigenvalue weighted by atomic mass is 10.0. The van der Waals surface area contributed by atoms with E-state index in [0.717, 1.165) is 34.1 Å². The molecule has 1 fully saturated rings. The topological polar surface area (TPSA) is 96.4 Å². The summed E-state index contributed by atoms with van der Waals surface area (Å²) in [5, 5.41) is 1.03. The largest absolute Gasteiger partial charge is 0.280 e. The van der Waals surface area contributed by atoms with Gasteiger partial charge in [0, 0.05) is 23.2 Å². The second kappa shape index (κ2) is 8.98. The average molecular weight is 508 g/mol. The Balaban J connectivity index is 1.41. The molecule has 0 spiro atoms. The van der Waals surface area contributed by atoms with Gasteiger partial charge in [0.1, 0.15) is 0 Å². The summed E-state index contributed by atoms with van der Waals surface area (Å²) in [6, 6.07) is 23.0. The van der Waals surface area contributed by atoms with Crippen molar-refractivity contribution in [3.05, 3.63) is 84.4 Å². The van der Waals surface area contributed by atoms with Crippen LogP contribution in [0.4, 0.5) is 11.4 Å². The van der Waals surface area contributed by atoms with Gasteiger partial charge in [-0.3, -0.25) is 9.03 Å². The molecule has 1 aliphatic heterocycles. The fourth-order valence-electron chi connectivity index (χ4n) is 4.26. The van der Waals surface area contributed by atoms with Crippen molar-refractivity contribution in [2.24, 2.45) is 0 Å². The van der Waals surface area contributed by atoms with Crippen LogP contribution in [0.5, 0.6) is 0 Å². The van der Waals surface area contributed by atoms with Crippen molar-refractivity contribution >= 4 is 42.3 Å². The molecule has 2 heterocycles. The summed E-state index contributed by atoms with van der Waals surface area (Å²) in [4.78, 5) is 4.79. The van der Waals surface area contributed by atoms with Gasteiger partial charge in [0.2, 0.25) is 10.0 Å². The van der Waals surface area contributed by atoms with E-state index in [-0.39, 0.29) is 10.6 Å². The first-order chi connectivity index (χ1) is 16.7. The Morgan fingerprint density at radius 3 is 2.46 bits per heavy atom. The van der Waals surface area contributed by atoms with Gasteiger partial charge < -0.3 is 0 Å². The molecule has 0 radical (unpaired) electrons. The van der Waals surface area contributed by atoms with Gasteiger partial charge in [0.25, 0.3) is 10.0 Å². The normalized spacial score (nSPS) is 15.7. The molecule has 3 aromatic carbocycles. The first kappa shape index (κ1) is 23.3. The van der Waals surface area contributed by atoms with Crippen LogP contribution in [-0.4, -0.2) is 34.1 Å². The SMILES string of the molecule is Cc1ccc(NS(=O)(=O)c2ccc(N3CCCCS3(=O)=O)cc2)cc1-c1ccc2ccccc2n1. The zero-order valence-electron chi connectivity index (χ0n) is 19.2. The molecule has 5 rings (SSSR count). The third-order valence-corrected chi connectivity index (χ3v) is 9.42. The van der Waals surface area contributed by atoms with E-state index < -0.39 is 20.0 Å². The lowest BCUT2D eigenvalue weighted by molar-refractivity contribution is 0.574. The monoisotopic (exact) mass is 507 g/mol. The smallest absolute Gasteiger partial charge is 0.261 e. The van der Waals surface area contributed by atoms with Crippen LogP contribution in [-0.2, 0) is 20.0 Å². The van der Waals surface area contributed by atoms with E-state index in [1.165, 1.54) is 28.6 Å². The van der Waals surface area contributed by atoms with E-state index in [0.29, 0.717) is 24.3 Å². The molecule has 0 atom stereocenters. The number of pyridine rings is 1. The Kier molecular flexibility index (Phi) is 5.98. The summed E-state index contributed by atoms with van der Waals surface area (Å²) in [6.07, 6.45) is 1.42. The summed E-state index contributed by atoms with van der Waals surface area (Å²) < 4.78 is 54.8. The highest BCUT2D eigenvalue weighted by atomic mass is 32.2. The van der Waals surface area contributed by atoms with Gasteiger partial charge in [-0.05, 0) is 73.9 Å². The Labute approximate surface area is 205 Å². The summed E-state index contributed by atoms with van der Waals surface area (Å²) in [5.41, 5.74) is 4.33. The molecule has 180 valence electrons. The summed E-state index contributed by atoms with van der Waals surface area (Å²) in [7, 11) is -7.23. The number of sulfonamides is 2. The predicted molar refractivity (Wildman–Crippen MR) is 140 cm³/mol. The lowest BCUT2D eigenvalue weighted by Gasteiger charge is -2.28. The first-order valence-corrected chi connectivity index (χ1v) is 14.4. The molecule has 1 N–H and O–H groups in total. The van der Waals surface area contributed by atoms with Crippen molar-refractivity contribution in [3.63, 3.8) is 0 Å². The number of nitrogens with one attached hydrogen (secondary N) is 1. The van der Waals surface area contributed by atoms with E-state index in [4.69, 9.17) is 4.98 Å². The minimum Gasteiger partial charge on any atom is -0.280 e. The van der Waals surface area contributed by atoms with Crippen LogP contribution in [0.2, 0.25) is 0 Å². The molecule has 1 aromatic heterocycles. The van der Waals surface area contributed by atoms with Crippen LogP contribution in [0.25, 0.3) is 22.2 Å². The lowest BCUT2D eigenvalue weighted by Crippen LogP contribution is -2.37. The molecule has 0 saturated carbocycles. The Hall–Kier alpha value is -3.43. The number of nitrogens with zero attached hydrogens (tertiary/aromatic N) is 2. The maximum atomic E-state index is 13.1. The molecule has 35 heavy (non-hydrogen) atoms. The van der Waals surface area contributed by atoms with E-state index in [1.54, 1.807) is 12.1 Å². The quantitative estimate of drug-likeness (QED) is 0.413. The number of benzene rings is 3. The fraction of sp³-hybridized carbons (Fsp3) is 0.192. The van der Waals surface area contributed by atoms with Gasteiger partial charge in [0.15, 0.2) is 0 Å². The number of hydrogen-bond donors (Lipinski definition) is 1. The standard InChI is InChI=1S/C26H25N3O4S2/c1-19-8-10-21(18-24(19)26-15-9-20-6-2-3-7-25(20)27-26)28-35(32,33)23-13-11-22(12-14-23)29-16-4-5-17-34(29,30)31/h2-3,6-15,18,28H,4-5,16-17H2,1H3. The Morgan fingerprint density at radius 1 is 0.914 bits per heavy atom. The van der Waals surface area contributed by atoms with Crippen LogP contribution in [0.15, 0.2) is 83.8 Å². The maximum Gasteiger partial charge on any atom is 0.261 e. The molecule has 7 nitrogen and oxygen atoms in total. The van der Waals surface area contributed by atoms with Crippen LogP contribution < -0.4 is 9.03 Å².